The van der Waals surface area contributed by atoms with Gasteiger partial charge in [-0.25, -0.2) is 9.59 Å². The van der Waals surface area contributed by atoms with Crippen LogP contribution in [0.25, 0.3) is 0 Å². The number of carbonyl (C=O) groups is 3. The number of carbonyl (C=O) groups excluding carboxylic acids is 2. The molecule has 0 radical (unpaired) electrons. The number of likely N-dealkylation sites (N-methyl/N-ethyl adjacent to an activating group) is 1. The van der Waals surface area contributed by atoms with E-state index in [9.17, 15) is 14.4 Å². The van der Waals surface area contributed by atoms with Gasteiger partial charge in [-0.3, -0.25) is 4.79 Å². The van der Waals surface area contributed by atoms with Crippen molar-refractivity contribution < 1.29 is 24.2 Å². The van der Waals surface area contributed by atoms with Gasteiger partial charge in [0.15, 0.2) is 0 Å². The molecule has 0 aromatic rings. The fraction of sp³-hybridized carbons (Fsp3) is 0.727. The quantitative estimate of drug-likeness (QED) is 0.629. The summed E-state index contributed by atoms with van der Waals surface area (Å²) in [7, 11) is 1.40. The summed E-state index contributed by atoms with van der Waals surface area (Å²) in [5.74, 6) is -0.998. The summed E-state index contributed by atoms with van der Waals surface area (Å²) >= 11 is 1.50. The monoisotopic (exact) mass is 292 g/mol. The maximum Gasteiger partial charge on any atom is 0.326 e. The SMILES string of the molecule is CCOC(=O)CN(C)C(=O)NC(CCSC)C(=O)O. The highest BCUT2D eigenvalue weighted by atomic mass is 32.2. The predicted octanol–water partition coefficient (Wildman–Crippen LogP) is 0.397. The number of nitrogens with zero attached hydrogens (tertiary/aromatic N) is 1. The number of aliphatic carboxylic acids is 1. The minimum Gasteiger partial charge on any atom is -0.480 e. The highest BCUT2D eigenvalue weighted by Crippen LogP contribution is 2.02. The van der Waals surface area contributed by atoms with Crippen molar-refractivity contribution in [3.8, 4) is 0 Å². The predicted molar refractivity (Wildman–Crippen MR) is 72.2 cm³/mol. The number of hydrogen-bond acceptors (Lipinski definition) is 5. The van der Waals surface area contributed by atoms with Crippen LogP contribution in [0.4, 0.5) is 4.79 Å². The van der Waals surface area contributed by atoms with Crippen LogP contribution in [-0.2, 0) is 14.3 Å². The van der Waals surface area contributed by atoms with Crippen LogP contribution >= 0.6 is 11.8 Å². The summed E-state index contributed by atoms with van der Waals surface area (Å²) in [5.41, 5.74) is 0. The first-order valence-electron chi connectivity index (χ1n) is 5.81. The van der Waals surface area contributed by atoms with Gasteiger partial charge in [0.2, 0.25) is 0 Å². The first-order chi connectivity index (χ1) is 8.92. The van der Waals surface area contributed by atoms with Gasteiger partial charge in [0.05, 0.1) is 6.61 Å². The number of thioether (sulfide) groups is 1. The third kappa shape index (κ3) is 7.55. The van der Waals surface area contributed by atoms with Gasteiger partial charge in [0, 0.05) is 7.05 Å². The van der Waals surface area contributed by atoms with E-state index in [1.807, 2.05) is 6.26 Å². The van der Waals surface area contributed by atoms with Crippen LogP contribution in [0, 0.1) is 0 Å². The third-order valence-corrected chi connectivity index (χ3v) is 2.87. The molecule has 19 heavy (non-hydrogen) atoms. The Balaban J connectivity index is 4.30. The van der Waals surface area contributed by atoms with Gasteiger partial charge in [-0.1, -0.05) is 0 Å². The number of amides is 2. The van der Waals surface area contributed by atoms with Crippen molar-refractivity contribution in [3.63, 3.8) is 0 Å². The molecule has 0 aliphatic carbocycles. The number of hydrogen-bond donors (Lipinski definition) is 2. The van der Waals surface area contributed by atoms with Crippen LogP contribution in [0.15, 0.2) is 0 Å². The molecule has 0 saturated carbocycles. The molecule has 1 unspecified atom stereocenters. The number of carboxylic acids is 1. The maximum atomic E-state index is 11.7. The fourth-order valence-electron chi connectivity index (χ4n) is 1.22. The topological polar surface area (TPSA) is 95.9 Å². The van der Waals surface area contributed by atoms with Gasteiger partial charge in [-0.15, -0.1) is 0 Å². The van der Waals surface area contributed by atoms with Crippen molar-refractivity contribution >= 4 is 29.7 Å². The minimum absolute atomic E-state index is 0.214. The fourth-order valence-corrected chi connectivity index (χ4v) is 1.70. The highest BCUT2D eigenvalue weighted by Gasteiger charge is 2.22. The number of carboxylic acid groups (broad SMARTS) is 1. The molecule has 0 aromatic heterocycles. The molecule has 7 nitrogen and oxygen atoms in total. The summed E-state index contributed by atoms with van der Waals surface area (Å²) < 4.78 is 4.70. The molecule has 0 spiro atoms. The van der Waals surface area contributed by atoms with Crippen LogP contribution in [-0.4, -0.2) is 66.2 Å². The Morgan fingerprint density at radius 2 is 2.05 bits per heavy atom. The van der Waals surface area contributed by atoms with E-state index in [1.165, 1.54) is 18.8 Å². The average molecular weight is 292 g/mol. The lowest BCUT2D eigenvalue weighted by Crippen LogP contribution is -2.48. The molecule has 0 saturated heterocycles. The van der Waals surface area contributed by atoms with Crippen LogP contribution in [0.2, 0.25) is 0 Å². The van der Waals surface area contributed by atoms with E-state index in [0.717, 1.165) is 4.90 Å². The summed E-state index contributed by atoms with van der Waals surface area (Å²) in [5, 5.41) is 11.3. The Labute approximate surface area is 116 Å². The largest absolute Gasteiger partial charge is 0.480 e. The third-order valence-electron chi connectivity index (χ3n) is 2.22. The van der Waals surface area contributed by atoms with Crippen molar-refractivity contribution in [1.29, 1.82) is 0 Å². The molecule has 0 rings (SSSR count). The van der Waals surface area contributed by atoms with Gasteiger partial charge in [-0.05, 0) is 25.4 Å². The summed E-state index contributed by atoms with van der Waals surface area (Å²) in [6.07, 6.45) is 2.18. The zero-order valence-corrected chi connectivity index (χ0v) is 12.2. The second-order valence-corrected chi connectivity index (χ2v) is 4.77. The van der Waals surface area contributed by atoms with Crippen molar-refractivity contribution in [1.82, 2.24) is 10.2 Å². The molecule has 110 valence electrons. The van der Waals surface area contributed by atoms with Crippen LogP contribution in [0.5, 0.6) is 0 Å². The van der Waals surface area contributed by atoms with Gasteiger partial charge < -0.3 is 20.1 Å². The molecule has 0 bridgehead atoms. The van der Waals surface area contributed by atoms with E-state index in [-0.39, 0.29) is 13.2 Å². The van der Waals surface area contributed by atoms with Gasteiger partial charge >= 0.3 is 18.0 Å². The Morgan fingerprint density at radius 1 is 1.42 bits per heavy atom. The van der Waals surface area contributed by atoms with Gasteiger partial charge in [0.1, 0.15) is 12.6 Å². The van der Waals surface area contributed by atoms with Crippen molar-refractivity contribution in [3.05, 3.63) is 0 Å². The molecule has 2 amide bonds. The lowest BCUT2D eigenvalue weighted by molar-refractivity contribution is -0.143. The Bertz CT molecular complexity index is 324. The lowest BCUT2D eigenvalue weighted by atomic mass is 10.2. The normalized spacial score (nSPS) is 11.5. The zero-order chi connectivity index (χ0) is 14.8. The van der Waals surface area contributed by atoms with Crippen molar-refractivity contribution in [2.45, 2.75) is 19.4 Å². The second kappa shape index (κ2) is 9.48. The number of nitrogens with one attached hydrogen (secondary N) is 1. The standard InChI is InChI=1S/C11H20N2O5S/c1-4-18-9(14)7-13(2)11(17)12-8(10(15)16)5-6-19-3/h8H,4-7H2,1-3H3,(H,12,17)(H,15,16). The van der Waals surface area contributed by atoms with Crippen LogP contribution in [0.1, 0.15) is 13.3 Å². The lowest BCUT2D eigenvalue weighted by Gasteiger charge is -2.20. The summed E-state index contributed by atoms with van der Waals surface area (Å²) in [6, 6.07) is -1.56. The first kappa shape index (κ1) is 17.6. The van der Waals surface area contributed by atoms with E-state index in [4.69, 9.17) is 9.84 Å². The molecular formula is C11H20N2O5S. The van der Waals surface area contributed by atoms with Crippen molar-refractivity contribution in [2.75, 3.05) is 32.2 Å². The molecule has 0 heterocycles. The summed E-state index contributed by atoms with van der Waals surface area (Å²) in [4.78, 5) is 34.9. The van der Waals surface area contributed by atoms with Crippen LogP contribution in [0.3, 0.4) is 0 Å². The number of urea groups is 1. The first-order valence-corrected chi connectivity index (χ1v) is 7.20. The number of esters is 1. The Hall–Kier alpha value is -1.44. The second-order valence-electron chi connectivity index (χ2n) is 3.78. The molecule has 0 aliphatic heterocycles. The Kier molecular flexibility index (Phi) is 8.77. The summed E-state index contributed by atoms with van der Waals surface area (Å²) in [6.45, 7) is 1.69. The molecule has 0 fully saturated rings. The van der Waals surface area contributed by atoms with Gasteiger partial charge in [-0.2, -0.15) is 11.8 Å². The van der Waals surface area contributed by atoms with E-state index < -0.39 is 24.0 Å². The zero-order valence-electron chi connectivity index (χ0n) is 11.3. The maximum absolute atomic E-state index is 11.7. The smallest absolute Gasteiger partial charge is 0.326 e. The molecule has 8 heteroatoms. The van der Waals surface area contributed by atoms with Crippen molar-refractivity contribution in [2.24, 2.45) is 0 Å². The molecular weight excluding hydrogens is 272 g/mol. The highest BCUT2D eigenvalue weighted by molar-refractivity contribution is 7.98. The number of ether oxygens (including phenoxy) is 1. The minimum atomic E-state index is -1.09. The molecule has 0 aliphatic rings. The molecule has 0 aromatic carbocycles. The van der Waals surface area contributed by atoms with Crippen LogP contribution < -0.4 is 5.32 Å². The van der Waals surface area contributed by atoms with E-state index in [2.05, 4.69) is 5.32 Å². The molecule has 1 atom stereocenters. The van der Waals surface area contributed by atoms with Gasteiger partial charge in [0.25, 0.3) is 0 Å². The van der Waals surface area contributed by atoms with E-state index >= 15 is 0 Å². The van der Waals surface area contributed by atoms with E-state index in [0.29, 0.717) is 12.2 Å². The van der Waals surface area contributed by atoms with E-state index in [1.54, 1.807) is 6.92 Å². The average Bonchev–Trinajstić information content (AvgIpc) is 2.33. The molecule has 2 N–H and O–H groups in total. The number of rotatable bonds is 8. The Morgan fingerprint density at radius 3 is 2.53 bits per heavy atom.